The second-order valence-corrected chi connectivity index (χ2v) is 9.14. The van der Waals surface area contributed by atoms with Crippen LogP contribution in [0.15, 0.2) is 42.6 Å². The van der Waals surface area contributed by atoms with Gasteiger partial charge in [0.1, 0.15) is 12.3 Å². The van der Waals surface area contributed by atoms with Crippen LogP contribution in [0.4, 0.5) is 10.5 Å². The fourth-order valence-corrected chi connectivity index (χ4v) is 4.68. The van der Waals surface area contributed by atoms with Gasteiger partial charge in [-0.2, -0.15) is 0 Å². The third kappa shape index (κ3) is 5.89. The number of carbonyl (C=O) groups is 2. The Balaban J connectivity index is 1.51. The van der Waals surface area contributed by atoms with Crippen LogP contribution in [-0.2, 0) is 18.4 Å². The van der Waals surface area contributed by atoms with Crippen molar-refractivity contribution in [1.82, 2.24) is 14.4 Å². The van der Waals surface area contributed by atoms with E-state index in [1.54, 1.807) is 4.90 Å². The highest BCUT2D eigenvalue weighted by Gasteiger charge is 2.36. The maximum absolute atomic E-state index is 13.5. The number of anilines is 1. The number of carbonyl (C=O) groups excluding carboxylic acids is 2. The van der Waals surface area contributed by atoms with Gasteiger partial charge in [-0.15, -0.1) is 0 Å². The molecule has 0 unspecified atom stereocenters. The summed E-state index contributed by atoms with van der Waals surface area (Å²) in [6, 6.07) is 11.7. The molecule has 0 atom stereocenters. The minimum atomic E-state index is -0.225. The van der Waals surface area contributed by atoms with E-state index in [4.69, 9.17) is 4.74 Å². The molecule has 0 spiro atoms. The SMILES string of the molecule is CCOc1ccccc1NC(=O)N(CC(=O)N(Cc1cccn1C)C1CC1)C1CCCCC1. The number of aryl methyl sites for hydroxylation is 1. The van der Waals surface area contributed by atoms with E-state index >= 15 is 0 Å². The second-order valence-electron chi connectivity index (χ2n) is 9.14. The van der Waals surface area contributed by atoms with Crippen LogP contribution in [0.25, 0.3) is 0 Å². The van der Waals surface area contributed by atoms with Crippen molar-refractivity contribution in [2.24, 2.45) is 7.05 Å². The van der Waals surface area contributed by atoms with Crippen molar-refractivity contribution in [3.05, 3.63) is 48.3 Å². The van der Waals surface area contributed by atoms with Crippen molar-refractivity contribution in [3.63, 3.8) is 0 Å². The van der Waals surface area contributed by atoms with E-state index in [0.717, 1.165) is 44.2 Å². The fourth-order valence-electron chi connectivity index (χ4n) is 4.68. The molecule has 1 aromatic heterocycles. The number of amides is 3. The lowest BCUT2D eigenvalue weighted by atomic mass is 9.94. The van der Waals surface area contributed by atoms with Gasteiger partial charge >= 0.3 is 6.03 Å². The zero-order chi connectivity index (χ0) is 23.2. The van der Waals surface area contributed by atoms with Gasteiger partial charge < -0.3 is 24.4 Å². The maximum atomic E-state index is 13.5. The number of aromatic nitrogens is 1. The first-order chi connectivity index (χ1) is 16.1. The summed E-state index contributed by atoms with van der Waals surface area (Å²) in [5.41, 5.74) is 1.75. The number of hydrogen-bond donors (Lipinski definition) is 1. The number of ether oxygens (including phenoxy) is 1. The summed E-state index contributed by atoms with van der Waals surface area (Å²) >= 11 is 0. The third-order valence-electron chi connectivity index (χ3n) is 6.70. The smallest absolute Gasteiger partial charge is 0.322 e. The lowest BCUT2D eigenvalue weighted by Crippen LogP contribution is -2.50. The van der Waals surface area contributed by atoms with Gasteiger partial charge in [-0.25, -0.2) is 4.79 Å². The van der Waals surface area contributed by atoms with Crippen LogP contribution in [0.5, 0.6) is 5.75 Å². The minimum Gasteiger partial charge on any atom is -0.492 e. The highest BCUT2D eigenvalue weighted by molar-refractivity contribution is 5.94. The number of nitrogens with one attached hydrogen (secondary N) is 1. The summed E-state index contributed by atoms with van der Waals surface area (Å²) in [7, 11) is 2.00. The van der Waals surface area contributed by atoms with E-state index in [2.05, 4.69) is 16.0 Å². The molecule has 2 aromatic rings. The molecule has 2 fully saturated rings. The molecular weight excluding hydrogens is 416 g/mol. The molecule has 0 aliphatic heterocycles. The highest BCUT2D eigenvalue weighted by atomic mass is 16.5. The van der Waals surface area contributed by atoms with E-state index in [1.165, 1.54) is 6.42 Å². The normalized spacial score (nSPS) is 16.3. The average molecular weight is 453 g/mol. The standard InChI is InChI=1S/C26H36N4O3/c1-3-33-24-14-8-7-13-23(24)27-26(32)30(20-10-5-4-6-11-20)19-25(31)29(21-15-16-21)18-22-12-9-17-28(22)2/h7-9,12-14,17,20-21H,3-6,10-11,15-16,18-19H2,1-2H3,(H,27,32). The molecule has 7 heteroatoms. The zero-order valence-electron chi connectivity index (χ0n) is 19.8. The van der Waals surface area contributed by atoms with Crippen LogP contribution < -0.4 is 10.1 Å². The number of nitrogens with zero attached hydrogens (tertiary/aromatic N) is 3. The van der Waals surface area contributed by atoms with Gasteiger partial charge in [0.2, 0.25) is 5.91 Å². The monoisotopic (exact) mass is 452 g/mol. The molecule has 2 aliphatic carbocycles. The molecule has 3 amide bonds. The molecule has 0 bridgehead atoms. The van der Waals surface area contributed by atoms with Crippen molar-refractivity contribution in [1.29, 1.82) is 0 Å². The molecule has 2 aliphatic rings. The van der Waals surface area contributed by atoms with Gasteiger partial charge in [0.05, 0.1) is 18.8 Å². The summed E-state index contributed by atoms with van der Waals surface area (Å²) < 4.78 is 7.74. The van der Waals surface area contributed by atoms with Crippen molar-refractivity contribution in [2.75, 3.05) is 18.5 Å². The molecule has 1 N–H and O–H groups in total. The molecule has 1 aromatic carbocycles. The van der Waals surface area contributed by atoms with Crippen molar-refractivity contribution >= 4 is 17.6 Å². The number of benzene rings is 1. The van der Waals surface area contributed by atoms with E-state index in [9.17, 15) is 9.59 Å². The molecule has 7 nitrogen and oxygen atoms in total. The van der Waals surface area contributed by atoms with Crippen molar-refractivity contribution in [2.45, 2.75) is 70.5 Å². The molecule has 2 saturated carbocycles. The first-order valence-electron chi connectivity index (χ1n) is 12.3. The Kier molecular flexibility index (Phi) is 7.57. The second kappa shape index (κ2) is 10.8. The van der Waals surface area contributed by atoms with Gasteiger partial charge in [-0.3, -0.25) is 4.79 Å². The topological polar surface area (TPSA) is 66.8 Å². The van der Waals surface area contributed by atoms with Gasteiger partial charge in [0.15, 0.2) is 0 Å². The van der Waals surface area contributed by atoms with E-state index in [-0.39, 0.29) is 30.6 Å². The molecule has 0 saturated heterocycles. The summed E-state index contributed by atoms with van der Waals surface area (Å²) in [6.45, 7) is 3.13. The number of hydrogen-bond acceptors (Lipinski definition) is 3. The van der Waals surface area contributed by atoms with Gasteiger partial charge in [0.25, 0.3) is 0 Å². The Morgan fingerprint density at radius 3 is 2.39 bits per heavy atom. The first-order valence-corrected chi connectivity index (χ1v) is 12.3. The quantitative estimate of drug-likeness (QED) is 0.595. The van der Waals surface area contributed by atoms with E-state index in [0.29, 0.717) is 24.6 Å². The Morgan fingerprint density at radius 2 is 1.73 bits per heavy atom. The van der Waals surface area contributed by atoms with Crippen LogP contribution in [0, 0.1) is 0 Å². The zero-order valence-corrected chi connectivity index (χ0v) is 19.8. The summed E-state index contributed by atoms with van der Waals surface area (Å²) in [5.74, 6) is 0.670. The van der Waals surface area contributed by atoms with Crippen molar-refractivity contribution < 1.29 is 14.3 Å². The van der Waals surface area contributed by atoms with Gasteiger partial charge in [0, 0.05) is 31.0 Å². The Bertz CT molecular complexity index is 947. The first kappa shape index (κ1) is 23.2. The number of para-hydroxylation sites is 2. The molecule has 33 heavy (non-hydrogen) atoms. The molecule has 4 rings (SSSR count). The summed E-state index contributed by atoms with van der Waals surface area (Å²) in [6.07, 6.45) is 9.32. The predicted octanol–water partition coefficient (Wildman–Crippen LogP) is 4.78. The van der Waals surface area contributed by atoms with Crippen LogP contribution >= 0.6 is 0 Å². The average Bonchev–Trinajstić information content (AvgIpc) is 3.59. The van der Waals surface area contributed by atoms with Crippen molar-refractivity contribution in [3.8, 4) is 5.75 Å². The predicted molar refractivity (Wildman–Crippen MR) is 129 cm³/mol. The Labute approximate surface area is 196 Å². The Morgan fingerprint density at radius 1 is 1.00 bits per heavy atom. The largest absolute Gasteiger partial charge is 0.492 e. The molecular formula is C26H36N4O3. The third-order valence-corrected chi connectivity index (χ3v) is 6.70. The Hall–Kier alpha value is -2.96. The minimum absolute atomic E-state index is 0.0255. The lowest BCUT2D eigenvalue weighted by molar-refractivity contribution is -0.133. The molecule has 178 valence electrons. The summed E-state index contributed by atoms with van der Waals surface area (Å²) in [4.78, 5) is 30.7. The van der Waals surface area contributed by atoms with Crippen LogP contribution in [0.1, 0.15) is 57.6 Å². The van der Waals surface area contributed by atoms with Crippen LogP contribution in [0.2, 0.25) is 0 Å². The van der Waals surface area contributed by atoms with Gasteiger partial charge in [-0.1, -0.05) is 31.4 Å². The van der Waals surface area contributed by atoms with Crippen LogP contribution in [-0.4, -0.2) is 51.5 Å². The molecule has 0 radical (unpaired) electrons. The van der Waals surface area contributed by atoms with Crippen LogP contribution in [0.3, 0.4) is 0 Å². The maximum Gasteiger partial charge on any atom is 0.322 e. The lowest BCUT2D eigenvalue weighted by Gasteiger charge is -2.35. The number of urea groups is 1. The highest BCUT2D eigenvalue weighted by Crippen LogP contribution is 2.30. The summed E-state index contributed by atoms with van der Waals surface area (Å²) in [5, 5.41) is 3.02. The number of rotatable bonds is 9. The molecule has 1 heterocycles. The van der Waals surface area contributed by atoms with Gasteiger partial charge in [-0.05, 0) is 56.9 Å². The van der Waals surface area contributed by atoms with E-state index in [1.807, 2.05) is 55.4 Å². The van der Waals surface area contributed by atoms with E-state index < -0.39 is 0 Å². The fraction of sp³-hybridized carbons (Fsp3) is 0.538.